The first-order valence-electron chi connectivity index (χ1n) is 5.24. The summed E-state index contributed by atoms with van der Waals surface area (Å²) in [5.74, 6) is -0.540. The summed E-state index contributed by atoms with van der Waals surface area (Å²) < 4.78 is 43.0. The Hall–Kier alpha value is -2.15. The van der Waals surface area contributed by atoms with Crippen molar-refractivity contribution in [3.05, 3.63) is 48.0 Å². The van der Waals surface area contributed by atoms with Gasteiger partial charge in [0.05, 0.1) is 5.69 Å². The number of halogens is 1. The number of hydrogen-bond donors (Lipinski definition) is 0. The molecule has 0 bridgehead atoms. The molecular formula is C12H10FNO4S. The number of anilines is 1. The average molecular weight is 283 g/mol. The highest BCUT2D eigenvalue weighted by molar-refractivity contribution is 7.92. The van der Waals surface area contributed by atoms with Gasteiger partial charge in [-0.25, -0.2) is 4.39 Å². The van der Waals surface area contributed by atoms with E-state index in [1.807, 2.05) is 0 Å². The van der Waals surface area contributed by atoms with Gasteiger partial charge in [0.1, 0.15) is 5.82 Å². The third kappa shape index (κ3) is 2.50. The molecule has 2 rings (SSSR count). The summed E-state index contributed by atoms with van der Waals surface area (Å²) in [6.45, 7) is 0. The van der Waals surface area contributed by atoms with Gasteiger partial charge in [-0.1, -0.05) is 0 Å². The number of carbonyl (C=O) groups is 1. The number of rotatable bonds is 4. The lowest BCUT2D eigenvalue weighted by atomic mass is 10.3. The Labute approximate surface area is 109 Å². The standard InChI is InChI=1S/C12H10FNO4S/c1-14(10-4-2-9(13)3-5-10)19(16,17)12-7-6-11(8-15)18-12/h2-8H,1H3. The Morgan fingerprint density at radius 2 is 1.79 bits per heavy atom. The van der Waals surface area contributed by atoms with Crippen LogP contribution in [0, 0.1) is 5.82 Å². The second-order valence-electron chi connectivity index (χ2n) is 3.72. The van der Waals surface area contributed by atoms with Crippen molar-refractivity contribution >= 4 is 22.0 Å². The fourth-order valence-electron chi connectivity index (χ4n) is 1.46. The van der Waals surface area contributed by atoms with E-state index in [1.165, 1.54) is 31.3 Å². The molecule has 0 aliphatic heterocycles. The van der Waals surface area contributed by atoms with Gasteiger partial charge in [-0.2, -0.15) is 8.42 Å². The highest BCUT2D eigenvalue weighted by atomic mass is 32.2. The van der Waals surface area contributed by atoms with E-state index in [0.29, 0.717) is 6.29 Å². The number of nitrogens with zero attached hydrogens (tertiary/aromatic N) is 1. The molecule has 7 heteroatoms. The van der Waals surface area contributed by atoms with Crippen LogP contribution in [-0.2, 0) is 10.0 Å². The zero-order valence-corrected chi connectivity index (χ0v) is 10.7. The van der Waals surface area contributed by atoms with Gasteiger partial charge < -0.3 is 4.42 Å². The number of benzene rings is 1. The largest absolute Gasteiger partial charge is 0.440 e. The van der Waals surface area contributed by atoms with Crippen LogP contribution in [0.2, 0.25) is 0 Å². The monoisotopic (exact) mass is 283 g/mol. The lowest BCUT2D eigenvalue weighted by molar-refractivity contribution is 0.109. The smallest absolute Gasteiger partial charge is 0.297 e. The topological polar surface area (TPSA) is 67.6 Å². The number of carbonyl (C=O) groups excluding carboxylic acids is 1. The fourth-order valence-corrected chi connectivity index (χ4v) is 2.57. The minimum absolute atomic E-state index is 0.0777. The van der Waals surface area contributed by atoms with Gasteiger partial charge in [-0.15, -0.1) is 0 Å². The van der Waals surface area contributed by atoms with Gasteiger partial charge in [-0.3, -0.25) is 9.10 Å². The average Bonchev–Trinajstić information content (AvgIpc) is 2.88. The van der Waals surface area contributed by atoms with Gasteiger partial charge in [0, 0.05) is 7.05 Å². The molecule has 1 heterocycles. The van der Waals surface area contributed by atoms with Gasteiger partial charge in [0.2, 0.25) is 5.09 Å². The number of sulfonamides is 1. The Morgan fingerprint density at radius 1 is 1.16 bits per heavy atom. The van der Waals surface area contributed by atoms with Crippen molar-refractivity contribution < 1.29 is 22.0 Å². The molecule has 0 amide bonds. The summed E-state index contributed by atoms with van der Waals surface area (Å²) in [6, 6.07) is 7.42. The minimum Gasteiger partial charge on any atom is -0.440 e. The lowest BCUT2D eigenvalue weighted by Crippen LogP contribution is -2.26. The summed E-state index contributed by atoms with van der Waals surface area (Å²) >= 11 is 0. The maximum absolute atomic E-state index is 12.8. The molecule has 5 nitrogen and oxygen atoms in total. The molecule has 0 radical (unpaired) electrons. The summed E-state index contributed by atoms with van der Waals surface area (Å²) in [7, 11) is -2.60. The third-order valence-corrected chi connectivity index (χ3v) is 4.18. The van der Waals surface area contributed by atoms with Crippen LogP contribution in [0.15, 0.2) is 45.9 Å². The Bertz CT molecular complexity index is 691. The quantitative estimate of drug-likeness (QED) is 0.805. The highest BCUT2D eigenvalue weighted by Crippen LogP contribution is 2.23. The molecular weight excluding hydrogens is 273 g/mol. The van der Waals surface area contributed by atoms with Crippen LogP contribution in [0.4, 0.5) is 10.1 Å². The number of aldehydes is 1. The second kappa shape index (κ2) is 4.85. The van der Waals surface area contributed by atoms with Crippen LogP contribution in [0.3, 0.4) is 0 Å². The first kappa shape index (κ1) is 13.3. The second-order valence-corrected chi connectivity index (χ2v) is 5.62. The van der Waals surface area contributed by atoms with Crippen LogP contribution < -0.4 is 4.31 Å². The van der Waals surface area contributed by atoms with E-state index in [-0.39, 0.29) is 16.5 Å². The van der Waals surface area contributed by atoms with Crippen LogP contribution in [0.1, 0.15) is 10.6 Å². The maximum atomic E-state index is 12.8. The summed E-state index contributed by atoms with van der Waals surface area (Å²) in [5, 5.41) is -0.346. The molecule has 0 saturated heterocycles. The Balaban J connectivity index is 2.38. The van der Waals surface area contributed by atoms with Crippen molar-refractivity contribution in [2.24, 2.45) is 0 Å². The first-order chi connectivity index (χ1) is 8.95. The third-order valence-electron chi connectivity index (χ3n) is 2.52. The van der Waals surface area contributed by atoms with Crippen LogP contribution >= 0.6 is 0 Å². The van der Waals surface area contributed by atoms with E-state index in [9.17, 15) is 17.6 Å². The molecule has 0 aliphatic carbocycles. The Kier molecular flexibility index (Phi) is 3.39. The van der Waals surface area contributed by atoms with E-state index in [1.54, 1.807) is 0 Å². The molecule has 0 atom stereocenters. The number of furan rings is 1. The molecule has 0 unspecified atom stereocenters. The van der Waals surface area contributed by atoms with Crippen molar-refractivity contribution in [1.82, 2.24) is 0 Å². The highest BCUT2D eigenvalue weighted by Gasteiger charge is 2.25. The molecule has 1 aromatic heterocycles. The predicted molar refractivity (Wildman–Crippen MR) is 66.1 cm³/mol. The van der Waals surface area contributed by atoms with Gasteiger partial charge in [-0.05, 0) is 36.4 Å². The van der Waals surface area contributed by atoms with Crippen LogP contribution in [0.5, 0.6) is 0 Å². The van der Waals surface area contributed by atoms with Gasteiger partial charge >= 0.3 is 0 Å². The minimum atomic E-state index is -3.91. The maximum Gasteiger partial charge on any atom is 0.297 e. The normalized spacial score (nSPS) is 11.3. The molecule has 0 spiro atoms. The van der Waals surface area contributed by atoms with Crippen molar-refractivity contribution in [2.45, 2.75) is 5.09 Å². The van der Waals surface area contributed by atoms with Crippen molar-refractivity contribution in [1.29, 1.82) is 0 Å². The molecule has 0 aliphatic rings. The SMILES string of the molecule is CN(c1ccc(F)cc1)S(=O)(=O)c1ccc(C=O)o1. The summed E-state index contributed by atoms with van der Waals surface area (Å²) in [4.78, 5) is 10.5. The van der Waals surface area contributed by atoms with E-state index in [4.69, 9.17) is 4.42 Å². The molecule has 0 saturated carbocycles. The fraction of sp³-hybridized carbons (Fsp3) is 0.0833. The molecule has 0 N–H and O–H groups in total. The van der Waals surface area contributed by atoms with Crippen molar-refractivity contribution in [2.75, 3.05) is 11.4 Å². The zero-order chi connectivity index (χ0) is 14.0. The molecule has 19 heavy (non-hydrogen) atoms. The zero-order valence-electron chi connectivity index (χ0n) is 9.91. The molecule has 0 fully saturated rings. The molecule has 100 valence electrons. The van der Waals surface area contributed by atoms with Crippen LogP contribution in [-0.4, -0.2) is 21.8 Å². The van der Waals surface area contributed by atoms with Gasteiger partial charge in [0.25, 0.3) is 10.0 Å². The Morgan fingerprint density at radius 3 is 2.32 bits per heavy atom. The van der Waals surface area contributed by atoms with Gasteiger partial charge in [0.15, 0.2) is 12.0 Å². The lowest BCUT2D eigenvalue weighted by Gasteiger charge is -2.17. The van der Waals surface area contributed by atoms with E-state index in [0.717, 1.165) is 16.4 Å². The van der Waals surface area contributed by atoms with Crippen LogP contribution in [0.25, 0.3) is 0 Å². The summed E-state index contributed by atoms with van der Waals surface area (Å²) in [5.41, 5.74) is 0.283. The van der Waals surface area contributed by atoms with E-state index >= 15 is 0 Å². The predicted octanol–water partition coefficient (Wildman–Crippen LogP) is 2.06. The number of hydrogen-bond acceptors (Lipinski definition) is 4. The molecule has 1 aromatic carbocycles. The van der Waals surface area contributed by atoms with Crippen molar-refractivity contribution in [3.8, 4) is 0 Å². The van der Waals surface area contributed by atoms with E-state index < -0.39 is 15.8 Å². The first-order valence-corrected chi connectivity index (χ1v) is 6.68. The molecule has 2 aromatic rings. The van der Waals surface area contributed by atoms with Crippen molar-refractivity contribution in [3.63, 3.8) is 0 Å². The summed E-state index contributed by atoms with van der Waals surface area (Å²) in [6.07, 6.45) is 0.414. The van der Waals surface area contributed by atoms with E-state index in [2.05, 4.69) is 0 Å².